The maximum atomic E-state index is 13.2. The van der Waals surface area contributed by atoms with Crippen molar-refractivity contribution in [1.82, 2.24) is 4.90 Å². The van der Waals surface area contributed by atoms with E-state index >= 15 is 0 Å². The standard InChI is InChI=1S/C15H15F2NO4/c16-11-2-1-8(5-12(11)17)9-6-10(9)14(19)18-3-4-22-13(7-18)15(20)21/h1-2,5,9-10,13H,3-4,6-7H2,(H,20,21)/t9-,10+,13-/m0/s1. The third-order valence-corrected chi connectivity index (χ3v) is 4.13. The predicted octanol–water partition coefficient (Wildman–Crippen LogP) is 1.38. The number of hydrogen-bond acceptors (Lipinski definition) is 3. The van der Waals surface area contributed by atoms with Crippen LogP contribution >= 0.6 is 0 Å². The van der Waals surface area contributed by atoms with E-state index in [-0.39, 0.29) is 30.9 Å². The number of amides is 1. The van der Waals surface area contributed by atoms with Crippen molar-refractivity contribution in [2.24, 2.45) is 5.92 Å². The molecule has 1 aliphatic heterocycles. The summed E-state index contributed by atoms with van der Waals surface area (Å²) in [4.78, 5) is 24.8. The van der Waals surface area contributed by atoms with Gasteiger partial charge in [0.2, 0.25) is 5.91 Å². The Morgan fingerprint density at radius 2 is 2.05 bits per heavy atom. The summed E-state index contributed by atoms with van der Waals surface area (Å²) in [6.45, 7) is 0.560. The molecule has 0 bridgehead atoms. The fourth-order valence-corrected chi connectivity index (χ4v) is 2.81. The molecule has 3 atom stereocenters. The summed E-state index contributed by atoms with van der Waals surface area (Å²) in [5, 5.41) is 8.94. The van der Waals surface area contributed by atoms with Crippen molar-refractivity contribution in [3.63, 3.8) is 0 Å². The quantitative estimate of drug-likeness (QED) is 0.916. The number of halogens is 2. The Balaban J connectivity index is 1.65. The SMILES string of the molecule is O=C(O)[C@@H]1CN(C(=O)[C@@H]2C[C@H]2c2ccc(F)c(F)c2)CCO1. The molecule has 22 heavy (non-hydrogen) atoms. The summed E-state index contributed by atoms with van der Waals surface area (Å²) in [6.07, 6.45) is -0.433. The molecule has 1 aliphatic carbocycles. The van der Waals surface area contributed by atoms with E-state index in [9.17, 15) is 18.4 Å². The Morgan fingerprint density at radius 3 is 2.73 bits per heavy atom. The van der Waals surface area contributed by atoms with E-state index in [1.807, 2.05) is 0 Å². The van der Waals surface area contributed by atoms with Gasteiger partial charge in [0.1, 0.15) is 0 Å². The van der Waals surface area contributed by atoms with Gasteiger partial charge < -0.3 is 14.7 Å². The molecule has 1 aromatic rings. The number of carboxylic acid groups (broad SMARTS) is 1. The molecule has 1 aromatic carbocycles. The second-order valence-corrected chi connectivity index (χ2v) is 5.60. The van der Waals surface area contributed by atoms with Crippen LogP contribution in [-0.2, 0) is 14.3 Å². The van der Waals surface area contributed by atoms with E-state index < -0.39 is 23.7 Å². The van der Waals surface area contributed by atoms with Gasteiger partial charge in [-0.3, -0.25) is 4.79 Å². The fraction of sp³-hybridized carbons (Fsp3) is 0.467. The molecular formula is C15H15F2NO4. The van der Waals surface area contributed by atoms with Gasteiger partial charge in [0.25, 0.3) is 0 Å². The summed E-state index contributed by atoms with van der Waals surface area (Å²) in [5.41, 5.74) is 0.597. The van der Waals surface area contributed by atoms with Crippen molar-refractivity contribution in [2.75, 3.05) is 19.7 Å². The van der Waals surface area contributed by atoms with E-state index in [4.69, 9.17) is 9.84 Å². The molecular weight excluding hydrogens is 296 g/mol. The van der Waals surface area contributed by atoms with Crippen LogP contribution in [0.25, 0.3) is 0 Å². The Labute approximate surface area is 125 Å². The average Bonchev–Trinajstić information content (AvgIpc) is 3.30. The van der Waals surface area contributed by atoms with Crippen LogP contribution in [0, 0.1) is 17.6 Å². The molecule has 0 unspecified atom stereocenters. The minimum absolute atomic E-state index is 0.0230. The average molecular weight is 311 g/mol. The summed E-state index contributed by atoms with van der Waals surface area (Å²) < 4.78 is 31.2. The van der Waals surface area contributed by atoms with Gasteiger partial charge in [-0.25, -0.2) is 13.6 Å². The summed E-state index contributed by atoms with van der Waals surface area (Å²) in [5.74, 6) is -3.50. The number of carboxylic acids is 1. The lowest BCUT2D eigenvalue weighted by Gasteiger charge is -2.31. The van der Waals surface area contributed by atoms with Gasteiger partial charge in [-0.1, -0.05) is 6.07 Å². The zero-order chi connectivity index (χ0) is 15.9. The predicted molar refractivity (Wildman–Crippen MR) is 71.2 cm³/mol. The highest BCUT2D eigenvalue weighted by molar-refractivity contribution is 5.84. The van der Waals surface area contributed by atoms with Gasteiger partial charge in [0.15, 0.2) is 17.7 Å². The molecule has 0 radical (unpaired) electrons. The first-order chi connectivity index (χ1) is 10.5. The van der Waals surface area contributed by atoms with E-state index in [1.165, 1.54) is 11.0 Å². The minimum Gasteiger partial charge on any atom is -0.479 e. The molecule has 2 aliphatic rings. The van der Waals surface area contributed by atoms with Crippen LogP contribution in [0.5, 0.6) is 0 Å². The van der Waals surface area contributed by atoms with E-state index in [2.05, 4.69) is 0 Å². The highest BCUT2D eigenvalue weighted by Crippen LogP contribution is 2.48. The largest absolute Gasteiger partial charge is 0.479 e. The first kappa shape index (κ1) is 14.9. The number of hydrogen-bond donors (Lipinski definition) is 1. The summed E-state index contributed by atoms with van der Waals surface area (Å²) in [6, 6.07) is 3.65. The third-order valence-electron chi connectivity index (χ3n) is 4.13. The second kappa shape index (κ2) is 5.64. The fourth-order valence-electron chi connectivity index (χ4n) is 2.81. The van der Waals surface area contributed by atoms with Crippen LogP contribution in [0.15, 0.2) is 18.2 Å². The first-order valence-corrected chi connectivity index (χ1v) is 7.05. The summed E-state index contributed by atoms with van der Waals surface area (Å²) >= 11 is 0. The molecule has 3 rings (SSSR count). The van der Waals surface area contributed by atoms with Crippen LogP contribution in [0.4, 0.5) is 8.78 Å². The van der Waals surface area contributed by atoms with E-state index in [0.29, 0.717) is 18.5 Å². The lowest BCUT2D eigenvalue weighted by molar-refractivity contribution is -0.159. The Bertz CT molecular complexity index is 622. The molecule has 7 heteroatoms. The van der Waals surface area contributed by atoms with Crippen LogP contribution in [0.2, 0.25) is 0 Å². The molecule has 2 fully saturated rings. The van der Waals surface area contributed by atoms with Crippen LogP contribution < -0.4 is 0 Å². The highest BCUT2D eigenvalue weighted by atomic mass is 19.2. The summed E-state index contributed by atoms with van der Waals surface area (Å²) in [7, 11) is 0. The topological polar surface area (TPSA) is 66.8 Å². The lowest BCUT2D eigenvalue weighted by Crippen LogP contribution is -2.49. The number of carbonyl (C=O) groups is 2. The minimum atomic E-state index is -1.09. The van der Waals surface area contributed by atoms with Crippen molar-refractivity contribution < 1.29 is 28.2 Å². The van der Waals surface area contributed by atoms with Gasteiger partial charge in [-0.05, 0) is 30.0 Å². The smallest absolute Gasteiger partial charge is 0.334 e. The van der Waals surface area contributed by atoms with Crippen LogP contribution in [-0.4, -0.2) is 47.7 Å². The van der Waals surface area contributed by atoms with Gasteiger partial charge in [-0.2, -0.15) is 0 Å². The van der Waals surface area contributed by atoms with Crippen molar-refractivity contribution in [3.05, 3.63) is 35.4 Å². The van der Waals surface area contributed by atoms with E-state index in [1.54, 1.807) is 0 Å². The molecule has 5 nitrogen and oxygen atoms in total. The molecule has 1 saturated carbocycles. The normalized spacial score (nSPS) is 27.5. The van der Waals surface area contributed by atoms with Gasteiger partial charge >= 0.3 is 5.97 Å². The number of benzene rings is 1. The lowest BCUT2D eigenvalue weighted by atomic mass is 10.1. The Morgan fingerprint density at radius 1 is 1.27 bits per heavy atom. The van der Waals surface area contributed by atoms with Gasteiger partial charge in [-0.15, -0.1) is 0 Å². The maximum absolute atomic E-state index is 13.2. The molecule has 0 aromatic heterocycles. The number of carbonyl (C=O) groups excluding carboxylic acids is 1. The van der Waals surface area contributed by atoms with E-state index in [0.717, 1.165) is 12.1 Å². The van der Waals surface area contributed by atoms with Gasteiger partial charge in [0, 0.05) is 12.5 Å². The second-order valence-electron chi connectivity index (χ2n) is 5.60. The molecule has 1 amide bonds. The molecule has 1 N–H and O–H groups in total. The zero-order valence-electron chi connectivity index (χ0n) is 11.7. The molecule has 0 spiro atoms. The number of rotatable bonds is 3. The van der Waals surface area contributed by atoms with Crippen molar-refractivity contribution in [3.8, 4) is 0 Å². The van der Waals surface area contributed by atoms with Crippen molar-refractivity contribution >= 4 is 11.9 Å². The highest BCUT2D eigenvalue weighted by Gasteiger charge is 2.47. The van der Waals surface area contributed by atoms with Crippen molar-refractivity contribution in [2.45, 2.75) is 18.4 Å². The number of aliphatic carboxylic acids is 1. The third kappa shape index (κ3) is 2.81. The maximum Gasteiger partial charge on any atom is 0.334 e. The Kier molecular flexibility index (Phi) is 3.82. The number of ether oxygens (including phenoxy) is 1. The molecule has 1 heterocycles. The first-order valence-electron chi connectivity index (χ1n) is 7.05. The monoisotopic (exact) mass is 311 g/mol. The zero-order valence-corrected chi connectivity index (χ0v) is 11.7. The molecule has 1 saturated heterocycles. The van der Waals surface area contributed by atoms with Gasteiger partial charge in [0.05, 0.1) is 13.2 Å². The van der Waals surface area contributed by atoms with Crippen molar-refractivity contribution in [1.29, 1.82) is 0 Å². The van der Waals surface area contributed by atoms with Crippen LogP contribution in [0.3, 0.4) is 0 Å². The number of morpholine rings is 1. The molecule has 118 valence electrons. The Hall–Kier alpha value is -2.02. The number of nitrogens with zero attached hydrogens (tertiary/aromatic N) is 1. The van der Waals surface area contributed by atoms with Crippen LogP contribution in [0.1, 0.15) is 17.9 Å².